The van der Waals surface area contributed by atoms with Gasteiger partial charge < -0.3 is 9.47 Å². The molecule has 0 fully saturated rings. The summed E-state index contributed by atoms with van der Waals surface area (Å²) in [4.78, 5) is 20.8. The molecule has 4 nitrogen and oxygen atoms in total. The van der Waals surface area contributed by atoms with Crippen LogP contribution in [0, 0.1) is 0 Å². The van der Waals surface area contributed by atoms with Gasteiger partial charge in [-0.05, 0) is 0 Å². The van der Waals surface area contributed by atoms with Crippen LogP contribution in [-0.4, -0.2) is 55.7 Å². The molecule has 0 N–H and O–H groups in total. The van der Waals surface area contributed by atoms with Crippen molar-refractivity contribution in [2.45, 2.75) is 12.8 Å². The van der Waals surface area contributed by atoms with Gasteiger partial charge in [-0.1, -0.05) is 0 Å². The van der Waals surface area contributed by atoms with Crippen LogP contribution in [0.5, 0.6) is 0 Å². The predicted molar refractivity (Wildman–Crippen MR) is 39.0 cm³/mol. The Morgan fingerprint density at radius 1 is 1.00 bits per heavy atom. The molecule has 0 atom stereocenters. The number of ether oxygens (including phenoxy) is 2. The van der Waals surface area contributed by atoms with Crippen LogP contribution >= 0.6 is 0 Å². The van der Waals surface area contributed by atoms with E-state index < -0.39 is 11.9 Å². The Morgan fingerprint density at radius 2 is 1.27 bits per heavy atom. The second-order valence-electron chi connectivity index (χ2n) is 1.65. The minimum atomic E-state index is -0.398. The van der Waals surface area contributed by atoms with Gasteiger partial charge in [-0.3, -0.25) is 9.59 Å². The van der Waals surface area contributed by atoms with Crippen LogP contribution in [0.2, 0.25) is 0 Å². The van der Waals surface area contributed by atoms with Crippen molar-refractivity contribution >= 4 is 41.5 Å². The van der Waals surface area contributed by atoms with Crippen molar-refractivity contribution in [1.82, 2.24) is 0 Å². The van der Waals surface area contributed by atoms with Gasteiger partial charge in [0.05, 0.1) is 27.1 Å². The van der Waals surface area contributed by atoms with Gasteiger partial charge in [-0.25, -0.2) is 0 Å². The monoisotopic (exact) mass is 169 g/mol. The van der Waals surface area contributed by atoms with E-state index in [9.17, 15) is 9.59 Å². The first-order valence-electron chi connectivity index (χ1n) is 2.84. The molecule has 0 aromatic carbocycles. The maximum Gasteiger partial charge on any atom is 0.306 e. The third kappa shape index (κ3) is 7.84. The fourth-order valence-electron chi connectivity index (χ4n) is 0.408. The van der Waals surface area contributed by atoms with Gasteiger partial charge in [0.25, 0.3) is 0 Å². The number of esters is 2. The molecule has 0 rings (SSSR count). The Hall–Kier alpha value is -0.0600. The van der Waals surface area contributed by atoms with Crippen LogP contribution in [-0.2, 0) is 19.1 Å². The second kappa shape index (κ2) is 8.04. The van der Waals surface area contributed by atoms with Crippen molar-refractivity contribution in [2.75, 3.05) is 14.2 Å². The molecule has 0 bridgehead atoms. The molecule has 0 saturated carbocycles. The van der Waals surface area contributed by atoms with Gasteiger partial charge in [0, 0.05) is 29.6 Å². The standard InChI is InChI=1S/C6H10O4.Na/c1-9-5(7)3-4-6(8)10-2;/h3-4H2,1-2H3;. The third-order valence-corrected chi connectivity index (χ3v) is 0.989. The Balaban J connectivity index is 0. The van der Waals surface area contributed by atoms with Crippen LogP contribution in [0.3, 0.4) is 0 Å². The zero-order valence-electron chi connectivity index (χ0n) is 7.05. The van der Waals surface area contributed by atoms with Crippen molar-refractivity contribution in [1.29, 1.82) is 0 Å². The number of rotatable bonds is 3. The molecule has 0 aromatic heterocycles. The van der Waals surface area contributed by atoms with Crippen molar-refractivity contribution in [3.8, 4) is 0 Å². The first kappa shape index (κ1) is 13.5. The average Bonchev–Trinajstić information content (AvgIpc) is 1.99. The molecule has 0 amide bonds. The Morgan fingerprint density at radius 3 is 1.45 bits per heavy atom. The van der Waals surface area contributed by atoms with Gasteiger partial charge in [0.2, 0.25) is 0 Å². The second-order valence-corrected chi connectivity index (χ2v) is 1.65. The fourth-order valence-corrected chi connectivity index (χ4v) is 0.408. The summed E-state index contributed by atoms with van der Waals surface area (Å²) in [7, 11) is 2.55. The summed E-state index contributed by atoms with van der Waals surface area (Å²) >= 11 is 0. The van der Waals surface area contributed by atoms with E-state index in [-0.39, 0.29) is 42.4 Å². The average molecular weight is 169 g/mol. The van der Waals surface area contributed by atoms with E-state index >= 15 is 0 Å². The minimum Gasteiger partial charge on any atom is -0.469 e. The van der Waals surface area contributed by atoms with Crippen molar-refractivity contribution in [3.63, 3.8) is 0 Å². The molecule has 0 unspecified atom stereocenters. The van der Waals surface area contributed by atoms with Gasteiger partial charge in [-0.15, -0.1) is 0 Å². The normalized spacial score (nSPS) is 7.82. The van der Waals surface area contributed by atoms with E-state index in [1.807, 2.05) is 0 Å². The minimum absolute atomic E-state index is 0. The van der Waals surface area contributed by atoms with Crippen molar-refractivity contribution in [2.24, 2.45) is 0 Å². The molecule has 59 valence electrons. The molecule has 11 heavy (non-hydrogen) atoms. The van der Waals surface area contributed by atoms with E-state index in [2.05, 4.69) is 9.47 Å². The van der Waals surface area contributed by atoms with E-state index in [1.54, 1.807) is 0 Å². The Kier molecular flexibility index (Phi) is 9.89. The Labute approximate surface area is 87.5 Å². The number of methoxy groups -OCH3 is 2. The SMILES string of the molecule is COC(=O)CCC(=O)OC.[Na]. The maximum atomic E-state index is 10.4. The summed E-state index contributed by atoms with van der Waals surface area (Å²) in [6.07, 6.45) is 0.173. The van der Waals surface area contributed by atoms with Gasteiger partial charge in [-0.2, -0.15) is 0 Å². The van der Waals surface area contributed by atoms with Crippen LogP contribution in [0.25, 0.3) is 0 Å². The molecule has 0 aliphatic heterocycles. The van der Waals surface area contributed by atoms with Crippen molar-refractivity contribution < 1.29 is 19.1 Å². The first-order valence-corrected chi connectivity index (χ1v) is 2.84. The van der Waals surface area contributed by atoms with Crippen molar-refractivity contribution in [3.05, 3.63) is 0 Å². The smallest absolute Gasteiger partial charge is 0.306 e. The van der Waals surface area contributed by atoms with Crippen LogP contribution in [0.4, 0.5) is 0 Å². The quantitative estimate of drug-likeness (QED) is 0.431. The predicted octanol–water partition coefficient (Wildman–Crippen LogP) is -0.268. The van der Waals surface area contributed by atoms with Gasteiger partial charge in [0.1, 0.15) is 0 Å². The molecule has 0 aliphatic rings. The fraction of sp³-hybridized carbons (Fsp3) is 0.667. The van der Waals surface area contributed by atoms with Gasteiger partial charge in [0.15, 0.2) is 0 Å². The zero-order valence-corrected chi connectivity index (χ0v) is 9.05. The summed E-state index contributed by atoms with van der Waals surface area (Å²) in [5.74, 6) is -0.796. The van der Waals surface area contributed by atoms with E-state index in [0.717, 1.165) is 0 Å². The largest absolute Gasteiger partial charge is 0.469 e. The van der Waals surface area contributed by atoms with E-state index in [4.69, 9.17) is 0 Å². The number of hydrogen-bond acceptors (Lipinski definition) is 4. The molecule has 0 aromatic rings. The van der Waals surface area contributed by atoms with Crippen LogP contribution < -0.4 is 0 Å². The Bertz CT molecular complexity index is 119. The summed E-state index contributed by atoms with van der Waals surface area (Å²) in [5, 5.41) is 0. The molecule has 1 radical (unpaired) electrons. The third-order valence-electron chi connectivity index (χ3n) is 0.989. The van der Waals surface area contributed by atoms with E-state index in [1.165, 1.54) is 14.2 Å². The topological polar surface area (TPSA) is 52.6 Å². The molecular weight excluding hydrogens is 159 g/mol. The van der Waals surface area contributed by atoms with Crippen LogP contribution in [0.15, 0.2) is 0 Å². The summed E-state index contributed by atoms with van der Waals surface area (Å²) in [6, 6.07) is 0. The summed E-state index contributed by atoms with van der Waals surface area (Å²) in [5.41, 5.74) is 0. The number of hydrogen-bond donors (Lipinski definition) is 0. The van der Waals surface area contributed by atoms with Crippen LogP contribution in [0.1, 0.15) is 12.8 Å². The molecule has 5 heteroatoms. The summed E-state index contributed by atoms with van der Waals surface area (Å²) < 4.78 is 8.60. The molecular formula is C6H10NaO4. The van der Waals surface area contributed by atoms with Gasteiger partial charge >= 0.3 is 11.9 Å². The molecule has 0 aliphatic carbocycles. The number of carbonyl (C=O) groups is 2. The maximum absolute atomic E-state index is 10.4. The molecule has 0 heterocycles. The zero-order chi connectivity index (χ0) is 7.98. The molecule has 0 spiro atoms. The van der Waals surface area contributed by atoms with E-state index in [0.29, 0.717) is 0 Å². The summed E-state index contributed by atoms with van der Waals surface area (Å²) in [6.45, 7) is 0. The molecule has 0 saturated heterocycles. The number of carbonyl (C=O) groups excluding carboxylic acids is 2. The first-order chi connectivity index (χ1) is 4.70.